The Bertz CT molecular complexity index is 748. The van der Waals surface area contributed by atoms with Crippen LogP contribution in [0.5, 0.6) is 0 Å². The highest BCUT2D eigenvalue weighted by Gasteiger charge is 2.20. The topological polar surface area (TPSA) is 32.3 Å². The van der Waals surface area contributed by atoms with Crippen LogP contribution in [0.1, 0.15) is 29.7 Å². The third-order valence-corrected chi connectivity index (χ3v) is 4.38. The number of benzene rings is 2. The fourth-order valence-electron chi connectivity index (χ4n) is 3.11. The number of nitrogens with zero attached hydrogens (tertiary/aromatic N) is 1. The number of hydrogen-bond acceptors (Lipinski definition) is 2. The Morgan fingerprint density at radius 3 is 2.71 bits per heavy atom. The van der Waals surface area contributed by atoms with E-state index in [1.54, 1.807) is 6.92 Å². The predicted octanol–water partition coefficient (Wildman–Crippen LogP) is 3.20. The summed E-state index contributed by atoms with van der Waals surface area (Å²) < 4.78 is 26.7. The van der Waals surface area contributed by atoms with Crippen LogP contribution in [0.2, 0.25) is 0 Å². The molecule has 3 rings (SSSR count). The summed E-state index contributed by atoms with van der Waals surface area (Å²) in [4.78, 5) is 14.3. The average molecular weight is 330 g/mol. The number of rotatable bonds is 4. The van der Waals surface area contributed by atoms with Crippen LogP contribution in [-0.2, 0) is 17.8 Å². The van der Waals surface area contributed by atoms with Gasteiger partial charge in [-0.15, -0.1) is 0 Å². The fourth-order valence-corrected chi connectivity index (χ4v) is 3.11. The van der Waals surface area contributed by atoms with E-state index in [-0.39, 0.29) is 18.0 Å². The van der Waals surface area contributed by atoms with Gasteiger partial charge in [0.2, 0.25) is 5.91 Å². The van der Waals surface area contributed by atoms with Gasteiger partial charge in [0.1, 0.15) is 11.6 Å². The highest BCUT2D eigenvalue weighted by Crippen LogP contribution is 2.19. The van der Waals surface area contributed by atoms with Crippen molar-refractivity contribution < 1.29 is 13.6 Å². The van der Waals surface area contributed by atoms with Gasteiger partial charge in [0.15, 0.2) is 0 Å². The first-order valence-electron chi connectivity index (χ1n) is 8.06. The number of halogens is 2. The fraction of sp³-hybridized carbons (Fsp3) is 0.316. The molecular formula is C19H20F2N2O. The molecule has 0 unspecified atom stereocenters. The number of carbonyl (C=O) groups is 1. The summed E-state index contributed by atoms with van der Waals surface area (Å²) in [5, 5.41) is 2.78. The number of carbonyl (C=O) groups excluding carboxylic acids is 1. The van der Waals surface area contributed by atoms with E-state index in [9.17, 15) is 13.6 Å². The van der Waals surface area contributed by atoms with Gasteiger partial charge in [-0.25, -0.2) is 8.78 Å². The first-order chi connectivity index (χ1) is 11.5. The SMILES string of the molecule is C[C@@H](NC(=O)CN1CCc2ccccc2C1)c1ccc(F)cc1F. The number of hydrogen-bond donors (Lipinski definition) is 1. The number of nitrogens with one attached hydrogen (secondary N) is 1. The Morgan fingerprint density at radius 1 is 1.21 bits per heavy atom. The molecule has 0 aromatic heterocycles. The monoisotopic (exact) mass is 330 g/mol. The third kappa shape index (κ3) is 3.79. The number of fused-ring (bicyclic) bond motifs is 1. The van der Waals surface area contributed by atoms with Gasteiger partial charge in [0.25, 0.3) is 0 Å². The Labute approximate surface area is 140 Å². The van der Waals surface area contributed by atoms with Gasteiger partial charge in [0.05, 0.1) is 12.6 Å². The van der Waals surface area contributed by atoms with Crippen molar-refractivity contribution in [2.45, 2.75) is 25.9 Å². The molecule has 3 nitrogen and oxygen atoms in total. The van der Waals surface area contributed by atoms with Crippen LogP contribution in [0.25, 0.3) is 0 Å². The molecule has 0 bridgehead atoms. The molecule has 2 aromatic carbocycles. The smallest absolute Gasteiger partial charge is 0.234 e. The maximum absolute atomic E-state index is 13.8. The van der Waals surface area contributed by atoms with Crippen molar-refractivity contribution in [2.24, 2.45) is 0 Å². The van der Waals surface area contributed by atoms with E-state index in [4.69, 9.17) is 0 Å². The highest BCUT2D eigenvalue weighted by atomic mass is 19.1. The molecule has 24 heavy (non-hydrogen) atoms. The second kappa shape index (κ2) is 7.09. The second-order valence-electron chi connectivity index (χ2n) is 6.18. The summed E-state index contributed by atoms with van der Waals surface area (Å²) in [6.45, 7) is 3.52. The normalized spacial score (nSPS) is 15.6. The van der Waals surface area contributed by atoms with Crippen LogP contribution in [0.4, 0.5) is 8.78 Å². The standard InChI is InChI=1S/C19H20F2N2O/c1-13(17-7-6-16(20)10-18(17)21)22-19(24)12-23-9-8-14-4-2-3-5-15(14)11-23/h2-7,10,13H,8-9,11-12H2,1H3,(H,22,24)/t13-/m1/s1. The molecule has 1 heterocycles. The maximum atomic E-state index is 13.8. The first-order valence-corrected chi connectivity index (χ1v) is 8.06. The average Bonchev–Trinajstić information content (AvgIpc) is 2.54. The third-order valence-electron chi connectivity index (χ3n) is 4.38. The van der Waals surface area contributed by atoms with E-state index in [1.165, 1.54) is 23.3 Å². The summed E-state index contributed by atoms with van der Waals surface area (Å²) in [5.74, 6) is -1.43. The lowest BCUT2D eigenvalue weighted by atomic mass is 10.00. The zero-order valence-electron chi connectivity index (χ0n) is 13.6. The quantitative estimate of drug-likeness (QED) is 0.934. The molecule has 1 aliphatic rings. The number of amides is 1. The Kier molecular flexibility index (Phi) is 4.90. The van der Waals surface area contributed by atoms with Gasteiger partial charge >= 0.3 is 0 Å². The lowest BCUT2D eigenvalue weighted by Gasteiger charge is -2.28. The minimum atomic E-state index is -0.644. The summed E-state index contributed by atoms with van der Waals surface area (Å²) in [6.07, 6.45) is 0.922. The molecule has 0 fully saturated rings. The summed E-state index contributed by atoms with van der Waals surface area (Å²) in [6, 6.07) is 11.1. The van der Waals surface area contributed by atoms with Crippen LogP contribution in [-0.4, -0.2) is 23.9 Å². The van der Waals surface area contributed by atoms with E-state index in [0.29, 0.717) is 0 Å². The molecule has 0 aliphatic carbocycles. The maximum Gasteiger partial charge on any atom is 0.234 e. The van der Waals surface area contributed by atoms with E-state index in [0.717, 1.165) is 25.6 Å². The van der Waals surface area contributed by atoms with Gasteiger partial charge < -0.3 is 5.32 Å². The van der Waals surface area contributed by atoms with Gasteiger partial charge in [-0.2, -0.15) is 0 Å². The van der Waals surface area contributed by atoms with Crippen molar-refractivity contribution in [1.29, 1.82) is 0 Å². The van der Waals surface area contributed by atoms with E-state index >= 15 is 0 Å². The summed E-state index contributed by atoms with van der Waals surface area (Å²) in [5.41, 5.74) is 2.86. The van der Waals surface area contributed by atoms with E-state index in [1.807, 2.05) is 12.1 Å². The molecule has 1 N–H and O–H groups in total. The second-order valence-corrected chi connectivity index (χ2v) is 6.18. The van der Waals surface area contributed by atoms with Crippen molar-refractivity contribution in [3.8, 4) is 0 Å². The van der Waals surface area contributed by atoms with Crippen LogP contribution >= 0.6 is 0 Å². The Morgan fingerprint density at radius 2 is 1.96 bits per heavy atom. The molecule has 0 saturated carbocycles. The van der Waals surface area contributed by atoms with E-state index < -0.39 is 17.7 Å². The minimum absolute atomic E-state index is 0.161. The lowest BCUT2D eigenvalue weighted by molar-refractivity contribution is -0.123. The summed E-state index contributed by atoms with van der Waals surface area (Å²) in [7, 11) is 0. The largest absolute Gasteiger partial charge is 0.348 e. The van der Waals surface area contributed by atoms with Crippen LogP contribution < -0.4 is 5.32 Å². The minimum Gasteiger partial charge on any atom is -0.348 e. The van der Waals surface area contributed by atoms with Gasteiger partial charge in [-0.3, -0.25) is 9.69 Å². The molecule has 126 valence electrons. The first kappa shape index (κ1) is 16.6. The van der Waals surface area contributed by atoms with Crippen molar-refractivity contribution in [2.75, 3.05) is 13.1 Å². The van der Waals surface area contributed by atoms with Crippen molar-refractivity contribution >= 4 is 5.91 Å². The van der Waals surface area contributed by atoms with Crippen LogP contribution in [0.15, 0.2) is 42.5 Å². The van der Waals surface area contributed by atoms with Crippen molar-refractivity contribution in [3.05, 3.63) is 70.8 Å². The molecule has 2 aromatic rings. The molecule has 1 aliphatic heterocycles. The molecule has 0 radical (unpaired) electrons. The molecule has 5 heteroatoms. The molecule has 0 spiro atoms. The Hall–Kier alpha value is -2.27. The molecular weight excluding hydrogens is 310 g/mol. The van der Waals surface area contributed by atoms with E-state index in [2.05, 4.69) is 22.3 Å². The molecule has 0 saturated heterocycles. The Balaban J connectivity index is 1.58. The van der Waals surface area contributed by atoms with Crippen molar-refractivity contribution in [3.63, 3.8) is 0 Å². The summed E-state index contributed by atoms with van der Waals surface area (Å²) >= 11 is 0. The molecule has 1 atom stereocenters. The highest BCUT2D eigenvalue weighted by molar-refractivity contribution is 5.78. The lowest BCUT2D eigenvalue weighted by Crippen LogP contribution is -2.40. The van der Waals surface area contributed by atoms with Gasteiger partial charge in [-0.05, 0) is 30.5 Å². The van der Waals surface area contributed by atoms with Gasteiger partial charge in [0, 0.05) is 24.7 Å². The zero-order valence-corrected chi connectivity index (χ0v) is 13.6. The van der Waals surface area contributed by atoms with Crippen LogP contribution in [0, 0.1) is 11.6 Å². The van der Waals surface area contributed by atoms with Crippen molar-refractivity contribution in [1.82, 2.24) is 10.2 Å². The zero-order chi connectivity index (χ0) is 17.1. The predicted molar refractivity (Wildman–Crippen MR) is 88.3 cm³/mol. The van der Waals surface area contributed by atoms with Crippen LogP contribution in [0.3, 0.4) is 0 Å². The van der Waals surface area contributed by atoms with Gasteiger partial charge in [-0.1, -0.05) is 30.3 Å². The molecule has 1 amide bonds.